The van der Waals surface area contributed by atoms with Crippen LogP contribution in [-0.4, -0.2) is 37.7 Å². The molecule has 0 spiro atoms. The number of aromatic nitrogens is 4. The molecule has 4 rings (SSSR count). The summed E-state index contributed by atoms with van der Waals surface area (Å²) in [5.74, 6) is 0.204. The first-order chi connectivity index (χ1) is 16.7. The molecular formula is C26H28N6O3. The van der Waals surface area contributed by atoms with E-state index in [-0.39, 0.29) is 12.3 Å². The Bertz CT molecular complexity index is 1390. The third kappa shape index (κ3) is 5.46. The number of carbonyl (C=O) groups excluding carboxylic acids is 2. The van der Waals surface area contributed by atoms with E-state index >= 15 is 0 Å². The van der Waals surface area contributed by atoms with Gasteiger partial charge in [-0.3, -0.25) is 20.4 Å². The van der Waals surface area contributed by atoms with E-state index in [0.29, 0.717) is 17.4 Å². The number of carbonyl (C=O) groups is 2. The number of fused-ring (bicyclic) bond motifs is 1. The molecule has 9 heteroatoms. The van der Waals surface area contributed by atoms with Gasteiger partial charge < -0.3 is 4.74 Å². The van der Waals surface area contributed by atoms with Gasteiger partial charge >= 0.3 is 0 Å². The van der Waals surface area contributed by atoms with Gasteiger partial charge in [-0.15, -0.1) is 0 Å². The minimum Gasteiger partial charge on any atom is -0.481 e. The fourth-order valence-electron chi connectivity index (χ4n) is 3.86. The Balaban J connectivity index is 1.36. The summed E-state index contributed by atoms with van der Waals surface area (Å²) in [6, 6.07) is 15.4. The number of hydrazine groups is 1. The zero-order valence-electron chi connectivity index (χ0n) is 20.4. The van der Waals surface area contributed by atoms with Crippen LogP contribution < -0.4 is 15.6 Å². The first-order valence-corrected chi connectivity index (χ1v) is 11.3. The highest BCUT2D eigenvalue weighted by Crippen LogP contribution is 2.21. The van der Waals surface area contributed by atoms with Crippen molar-refractivity contribution in [1.82, 2.24) is 30.6 Å². The van der Waals surface area contributed by atoms with E-state index in [1.54, 1.807) is 11.6 Å². The van der Waals surface area contributed by atoms with Crippen molar-refractivity contribution in [2.75, 3.05) is 0 Å². The number of amides is 2. The van der Waals surface area contributed by atoms with Crippen LogP contribution in [0.15, 0.2) is 48.5 Å². The number of hydrogen-bond donors (Lipinski definition) is 2. The Morgan fingerprint density at radius 1 is 0.943 bits per heavy atom. The molecule has 180 valence electrons. The van der Waals surface area contributed by atoms with Crippen molar-refractivity contribution in [3.05, 3.63) is 76.9 Å². The first-order valence-electron chi connectivity index (χ1n) is 11.3. The number of aryl methyl sites for hydroxylation is 3. The Kier molecular flexibility index (Phi) is 6.77. The maximum atomic E-state index is 12.6. The molecule has 35 heavy (non-hydrogen) atoms. The molecule has 2 aromatic heterocycles. The molecule has 1 unspecified atom stereocenters. The van der Waals surface area contributed by atoms with Gasteiger partial charge in [-0.2, -0.15) is 5.10 Å². The highest BCUT2D eigenvalue weighted by atomic mass is 16.5. The summed E-state index contributed by atoms with van der Waals surface area (Å²) < 4.78 is 7.39. The third-order valence-electron chi connectivity index (χ3n) is 5.67. The van der Waals surface area contributed by atoms with Crippen LogP contribution in [-0.2, 0) is 16.0 Å². The molecule has 2 aromatic carbocycles. The monoisotopic (exact) mass is 472 g/mol. The van der Waals surface area contributed by atoms with Gasteiger partial charge in [-0.05, 0) is 63.6 Å². The van der Waals surface area contributed by atoms with Gasteiger partial charge in [-0.25, -0.2) is 14.6 Å². The molecule has 0 saturated carbocycles. The smallest absolute Gasteiger partial charge is 0.279 e. The summed E-state index contributed by atoms with van der Waals surface area (Å²) in [5, 5.41) is 6.61. The van der Waals surface area contributed by atoms with Crippen LogP contribution in [0.1, 0.15) is 35.3 Å². The van der Waals surface area contributed by atoms with E-state index in [0.717, 1.165) is 33.4 Å². The van der Waals surface area contributed by atoms with Crippen molar-refractivity contribution in [3.8, 4) is 11.7 Å². The second-order valence-corrected chi connectivity index (χ2v) is 8.50. The van der Waals surface area contributed by atoms with Gasteiger partial charge in [-0.1, -0.05) is 30.3 Å². The van der Waals surface area contributed by atoms with Crippen LogP contribution in [0.5, 0.6) is 5.75 Å². The van der Waals surface area contributed by atoms with Crippen LogP contribution in [0, 0.1) is 27.7 Å². The quantitative estimate of drug-likeness (QED) is 0.417. The standard InChI is InChI=1S/C26H28N6O3/c1-15-12-16(2)28-26(27-15)32-18(4)23(17(3)31-32)14-24(33)29-30-25(34)19(5)35-22-11-10-20-8-6-7-9-21(20)13-22/h6-13,19H,14H2,1-5H3,(H,29,33)(H,30,34). The molecule has 2 heterocycles. The number of nitrogens with one attached hydrogen (secondary N) is 2. The summed E-state index contributed by atoms with van der Waals surface area (Å²) >= 11 is 0. The fraction of sp³-hybridized carbons (Fsp3) is 0.269. The van der Waals surface area contributed by atoms with Crippen molar-refractivity contribution < 1.29 is 14.3 Å². The highest BCUT2D eigenvalue weighted by molar-refractivity contribution is 5.86. The minimum atomic E-state index is -0.801. The molecule has 0 aliphatic rings. The molecule has 2 amide bonds. The summed E-state index contributed by atoms with van der Waals surface area (Å²) in [6.45, 7) is 9.10. The Morgan fingerprint density at radius 3 is 2.34 bits per heavy atom. The fourth-order valence-corrected chi connectivity index (χ4v) is 3.86. The number of nitrogens with zero attached hydrogens (tertiary/aromatic N) is 4. The molecule has 0 radical (unpaired) electrons. The van der Waals surface area contributed by atoms with Crippen molar-refractivity contribution in [1.29, 1.82) is 0 Å². The summed E-state index contributed by atoms with van der Waals surface area (Å²) in [7, 11) is 0. The normalized spacial score (nSPS) is 11.8. The molecule has 0 saturated heterocycles. The Hall–Kier alpha value is -4.27. The lowest BCUT2D eigenvalue weighted by atomic mass is 10.1. The van der Waals surface area contributed by atoms with Crippen molar-refractivity contribution in [2.24, 2.45) is 0 Å². The van der Waals surface area contributed by atoms with E-state index in [9.17, 15) is 9.59 Å². The van der Waals surface area contributed by atoms with Gasteiger partial charge in [0.1, 0.15) is 5.75 Å². The Labute approximate surface area is 203 Å². The van der Waals surface area contributed by atoms with Crippen LogP contribution in [0.3, 0.4) is 0 Å². The number of rotatable bonds is 6. The summed E-state index contributed by atoms with van der Waals surface area (Å²) in [4.78, 5) is 33.9. The molecular weight excluding hydrogens is 444 g/mol. The van der Waals surface area contributed by atoms with E-state index < -0.39 is 12.0 Å². The predicted octanol–water partition coefficient (Wildman–Crippen LogP) is 3.21. The number of ether oxygens (including phenoxy) is 1. The molecule has 2 N–H and O–H groups in total. The molecule has 1 atom stereocenters. The maximum Gasteiger partial charge on any atom is 0.279 e. The average molecular weight is 473 g/mol. The highest BCUT2D eigenvalue weighted by Gasteiger charge is 2.19. The molecule has 0 aliphatic heterocycles. The summed E-state index contributed by atoms with van der Waals surface area (Å²) in [5.41, 5.74) is 8.78. The zero-order chi connectivity index (χ0) is 25.1. The topological polar surface area (TPSA) is 111 Å². The summed E-state index contributed by atoms with van der Waals surface area (Å²) in [6.07, 6.45) is -0.757. The van der Waals surface area contributed by atoms with Crippen LogP contribution in [0.4, 0.5) is 0 Å². The Morgan fingerprint density at radius 2 is 1.63 bits per heavy atom. The van der Waals surface area contributed by atoms with Crippen LogP contribution in [0.2, 0.25) is 0 Å². The lowest BCUT2D eigenvalue weighted by Gasteiger charge is -2.15. The lowest BCUT2D eigenvalue weighted by Crippen LogP contribution is -2.47. The predicted molar refractivity (Wildman–Crippen MR) is 132 cm³/mol. The van der Waals surface area contributed by atoms with Gasteiger partial charge in [0, 0.05) is 22.6 Å². The molecule has 0 bridgehead atoms. The van der Waals surface area contributed by atoms with E-state index in [2.05, 4.69) is 25.9 Å². The minimum absolute atomic E-state index is 0.0443. The molecule has 9 nitrogen and oxygen atoms in total. The van der Waals surface area contributed by atoms with Crippen LogP contribution >= 0.6 is 0 Å². The van der Waals surface area contributed by atoms with Crippen molar-refractivity contribution in [2.45, 2.75) is 47.1 Å². The maximum absolute atomic E-state index is 12.6. The van der Waals surface area contributed by atoms with Gasteiger partial charge in [0.15, 0.2) is 6.10 Å². The molecule has 0 fully saturated rings. The number of benzene rings is 2. The second-order valence-electron chi connectivity index (χ2n) is 8.50. The van der Waals surface area contributed by atoms with Gasteiger partial charge in [0.25, 0.3) is 11.9 Å². The molecule has 4 aromatic rings. The average Bonchev–Trinajstić information content (AvgIpc) is 3.10. The second kappa shape index (κ2) is 9.92. The van der Waals surface area contributed by atoms with E-state index in [4.69, 9.17) is 4.74 Å². The van der Waals surface area contributed by atoms with Gasteiger partial charge in [0.2, 0.25) is 5.91 Å². The van der Waals surface area contributed by atoms with E-state index in [1.165, 1.54) is 0 Å². The lowest BCUT2D eigenvalue weighted by molar-refractivity contribution is -0.132. The van der Waals surface area contributed by atoms with Crippen molar-refractivity contribution in [3.63, 3.8) is 0 Å². The first kappa shape index (κ1) is 23.9. The van der Waals surface area contributed by atoms with E-state index in [1.807, 2.05) is 76.2 Å². The van der Waals surface area contributed by atoms with Crippen LogP contribution in [0.25, 0.3) is 16.7 Å². The largest absolute Gasteiger partial charge is 0.481 e. The zero-order valence-corrected chi connectivity index (χ0v) is 20.4. The third-order valence-corrected chi connectivity index (χ3v) is 5.67. The van der Waals surface area contributed by atoms with Gasteiger partial charge in [0.05, 0.1) is 12.1 Å². The molecule has 0 aliphatic carbocycles. The van der Waals surface area contributed by atoms with Crippen molar-refractivity contribution >= 4 is 22.6 Å². The SMILES string of the molecule is Cc1cc(C)nc(-n2nc(C)c(CC(=O)NNC(=O)C(C)Oc3ccc4ccccc4c3)c2C)n1. The number of hydrogen-bond acceptors (Lipinski definition) is 6.